The third-order valence-electron chi connectivity index (χ3n) is 11.2. The van der Waals surface area contributed by atoms with Gasteiger partial charge in [0.2, 0.25) is 17.7 Å². The zero-order valence-electron chi connectivity index (χ0n) is 30.1. The highest BCUT2D eigenvalue weighted by molar-refractivity contribution is 9.09. The number of hydrogen-bond acceptors (Lipinski definition) is 8. The highest BCUT2D eigenvalue weighted by atomic mass is 79.9. The molecule has 1 aliphatic carbocycles. The van der Waals surface area contributed by atoms with Crippen LogP contribution in [0.15, 0.2) is 55.6 Å². The first-order valence-electron chi connectivity index (χ1n) is 18.3. The lowest BCUT2D eigenvalue weighted by Gasteiger charge is -2.43. The van der Waals surface area contributed by atoms with E-state index in [4.69, 9.17) is 14.2 Å². The minimum Gasteiger partial charge on any atom is -0.455 e. The number of hydrogen-bond donors (Lipinski definition) is 2. The van der Waals surface area contributed by atoms with Crippen LogP contribution in [0.3, 0.4) is 0 Å². The van der Waals surface area contributed by atoms with E-state index in [0.29, 0.717) is 24.9 Å². The van der Waals surface area contributed by atoms with Gasteiger partial charge in [-0.1, -0.05) is 91.5 Å². The lowest BCUT2D eigenvalue weighted by Crippen LogP contribution is -2.61. The number of alkyl halides is 1. The van der Waals surface area contributed by atoms with Crippen LogP contribution in [-0.4, -0.2) is 106 Å². The van der Waals surface area contributed by atoms with Gasteiger partial charge in [0.05, 0.1) is 43.2 Å². The molecule has 3 heterocycles. The van der Waals surface area contributed by atoms with Crippen molar-refractivity contribution in [3.8, 4) is 0 Å². The molecule has 9 atom stereocenters. The zero-order valence-corrected chi connectivity index (χ0v) is 31.7. The van der Waals surface area contributed by atoms with E-state index in [2.05, 4.69) is 34.4 Å². The number of halogens is 1. The van der Waals surface area contributed by atoms with Crippen LogP contribution in [0.4, 0.5) is 0 Å². The largest absolute Gasteiger partial charge is 0.455 e. The van der Waals surface area contributed by atoms with Gasteiger partial charge in [0, 0.05) is 30.9 Å². The summed E-state index contributed by atoms with van der Waals surface area (Å²) in [6, 6.07) is 6.65. The molecule has 12 heteroatoms. The Labute approximate surface area is 310 Å². The number of carbonyl (C=O) groups excluding carboxylic acids is 4. The highest BCUT2D eigenvalue weighted by Gasteiger charge is 2.78. The van der Waals surface area contributed by atoms with Crippen LogP contribution in [-0.2, 0) is 33.4 Å². The number of likely N-dealkylation sites (tertiary alicyclic amines) is 1. The van der Waals surface area contributed by atoms with E-state index in [-0.39, 0.29) is 48.2 Å². The first-order valence-corrected chi connectivity index (χ1v) is 19.3. The van der Waals surface area contributed by atoms with Gasteiger partial charge in [-0.25, -0.2) is 0 Å². The first kappa shape index (κ1) is 39.2. The van der Waals surface area contributed by atoms with E-state index in [1.165, 1.54) is 12.0 Å². The number of benzene rings is 1. The number of ether oxygens (including phenoxy) is 3. The first-order chi connectivity index (χ1) is 24.5. The number of aliphatic hydroxyl groups is 1. The summed E-state index contributed by atoms with van der Waals surface area (Å²) in [5.41, 5.74) is -0.675. The Hall–Kier alpha value is -3.06. The van der Waals surface area contributed by atoms with Crippen LogP contribution >= 0.6 is 15.9 Å². The monoisotopic (exact) mass is 771 g/mol. The molecule has 1 spiro atoms. The average Bonchev–Trinajstić information content (AvgIpc) is 3.72. The van der Waals surface area contributed by atoms with Crippen LogP contribution in [0, 0.1) is 17.8 Å². The number of fused-ring (bicyclic) bond motifs is 1. The SMILES string of the molecule is C=CCCC(=O)N[C@@H](COC)[C@@H](OC(=O)[C@@H]1[C@H]2O[C@@]3(CC2Br)[C@H](C(=O)N(CC=C)C2CCCCC2)N([C@@H](CO)C(C)C)C(=O)[C@@H]13)c1ccccc1. The molecule has 0 aromatic heterocycles. The fourth-order valence-corrected chi connectivity index (χ4v) is 9.77. The van der Waals surface area contributed by atoms with Crippen molar-refractivity contribution in [2.24, 2.45) is 17.8 Å². The Balaban J connectivity index is 1.54. The summed E-state index contributed by atoms with van der Waals surface area (Å²) in [6.07, 6.45) is 7.56. The summed E-state index contributed by atoms with van der Waals surface area (Å²) in [5, 5.41) is 13.6. The van der Waals surface area contributed by atoms with Gasteiger partial charge >= 0.3 is 5.97 Å². The van der Waals surface area contributed by atoms with Crippen LogP contribution in [0.5, 0.6) is 0 Å². The van der Waals surface area contributed by atoms with Crippen molar-refractivity contribution in [2.45, 2.75) is 112 Å². The minimum absolute atomic E-state index is 0.00606. The van der Waals surface area contributed by atoms with Crippen molar-refractivity contribution in [1.82, 2.24) is 15.1 Å². The van der Waals surface area contributed by atoms with Crippen molar-refractivity contribution in [3.05, 3.63) is 61.2 Å². The number of carbonyl (C=O) groups is 4. The molecular formula is C39H54BrN3O8. The van der Waals surface area contributed by atoms with Gasteiger partial charge < -0.3 is 34.4 Å². The van der Waals surface area contributed by atoms with Crippen molar-refractivity contribution in [3.63, 3.8) is 0 Å². The van der Waals surface area contributed by atoms with E-state index in [9.17, 15) is 24.3 Å². The molecule has 2 N–H and O–H groups in total. The summed E-state index contributed by atoms with van der Waals surface area (Å²) >= 11 is 3.76. The molecule has 2 bridgehead atoms. The molecule has 4 fully saturated rings. The standard InChI is InChI=1S/C39H54BrN3O8/c1-6-8-19-30(45)41-28(23-49-5)33(25-15-11-9-12-16-25)50-38(48)31-32-36(46)43(29(22-44)24(3)4)35(39(32)21-27(40)34(31)51-39)37(47)42(20-7-2)26-17-13-10-14-18-26/h6-7,9,11-12,15-16,24,26-29,31-35,44H,1-2,8,10,13-14,17-23H2,3-5H3,(H,41,45)/t27?,28-,29-,31-,32+,33-,34-,35-,39+/m0/s1. The molecule has 5 rings (SSSR count). The lowest BCUT2D eigenvalue weighted by atomic mass is 9.70. The van der Waals surface area contributed by atoms with Crippen LogP contribution in [0.2, 0.25) is 0 Å². The number of amides is 3. The van der Waals surface area contributed by atoms with Gasteiger partial charge in [-0.2, -0.15) is 0 Å². The fraction of sp³-hybridized carbons (Fsp3) is 0.641. The maximum atomic E-state index is 15.0. The van der Waals surface area contributed by atoms with Gasteiger partial charge in [-0.05, 0) is 37.2 Å². The number of methoxy groups -OCH3 is 1. The van der Waals surface area contributed by atoms with Crippen LogP contribution in [0.25, 0.3) is 0 Å². The number of allylic oxidation sites excluding steroid dienone is 1. The number of aliphatic hydroxyl groups excluding tert-OH is 1. The second-order valence-corrected chi connectivity index (χ2v) is 15.9. The maximum Gasteiger partial charge on any atom is 0.313 e. The van der Waals surface area contributed by atoms with Gasteiger partial charge in [-0.3, -0.25) is 19.2 Å². The predicted molar refractivity (Wildman–Crippen MR) is 196 cm³/mol. The smallest absolute Gasteiger partial charge is 0.313 e. The summed E-state index contributed by atoms with van der Waals surface area (Å²) < 4.78 is 18.6. The molecule has 1 aromatic carbocycles. The third-order valence-corrected chi connectivity index (χ3v) is 12.0. The molecule has 1 aromatic rings. The average molecular weight is 773 g/mol. The Morgan fingerprint density at radius 1 is 1.16 bits per heavy atom. The zero-order chi connectivity index (χ0) is 36.9. The molecule has 3 amide bonds. The van der Waals surface area contributed by atoms with Crippen LogP contribution in [0.1, 0.15) is 76.9 Å². The Bertz CT molecular complexity index is 1420. The Morgan fingerprint density at radius 3 is 2.47 bits per heavy atom. The molecular weight excluding hydrogens is 718 g/mol. The third kappa shape index (κ3) is 7.70. The van der Waals surface area contributed by atoms with Gasteiger partial charge in [0.15, 0.2) is 0 Å². The van der Waals surface area contributed by atoms with Crippen molar-refractivity contribution in [2.75, 3.05) is 26.9 Å². The van der Waals surface area contributed by atoms with E-state index < -0.39 is 59.6 Å². The van der Waals surface area contributed by atoms with E-state index in [0.717, 1.165) is 32.1 Å². The summed E-state index contributed by atoms with van der Waals surface area (Å²) in [4.78, 5) is 60.4. The van der Waals surface area contributed by atoms with Gasteiger partial charge in [0.1, 0.15) is 17.7 Å². The number of nitrogens with zero attached hydrogens (tertiary/aromatic N) is 2. The molecule has 280 valence electrons. The quantitative estimate of drug-likeness (QED) is 0.135. The Kier molecular flexibility index (Phi) is 13.2. The van der Waals surface area contributed by atoms with Crippen molar-refractivity contribution < 1.29 is 38.5 Å². The number of nitrogens with one attached hydrogen (secondary N) is 1. The Morgan fingerprint density at radius 2 is 1.86 bits per heavy atom. The molecule has 1 saturated carbocycles. The van der Waals surface area contributed by atoms with E-state index >= 15 is 0 Å². The molecule has 1 unspecified atom stereocenters. The van der Waals surface area contributed by atoms with Gasteiger partial charge in [0.25, 0.3) is 0 Å². The molecule has 11 nitrogen and oxygen atoms in total. The number of esters is 1. The minimum atomic E-state index is -1.32. The van der Waals surface area contributed by atoms with Gasteiger partial charge in [-0.15, -0.1) is 13.2 Å². The van der Waals surface area contributed by atoms with Crippen molar-refractivity contribution in [1.29, 1.82) is 0 Å². The maximum absolute atomic E-state index is 15.0. The summed E-state index contributed by atoms with van der Waals surface area (Å²) in [7, 11) is 1.51. The second-order valence-electron chi connectivity index (χ2n) is 14.7. The molecule has 3 saturated heterocycles. The number of rotatable bonds is 17. The second kappa shape index (κ2) is 17.2. The van der Waals surface area contributed by atoms with Crippen LogP contribution < -0.4 is 5.32 Å². The normalized spacial score (nSPS) is 28.9. The van der Waals surface area contributed by atoms with E-state index in [1.807, 2.05) is 49.1 Å². The predicted octanol–water partition coefficient (Wildman–Crippen LogP) is 4.48. The van der Waals surface area contributed by atoms with Crippen molar-refractivity contribution >= 4 is 39.6 Å². The fourth-order valence-electron chi connectivity index (χ4n) is 8.83. The van der Waals surface area contributed by atoms with E-state index in [1.54, 1.807) is 12.2 Å². The lowest BCUT2D eigenvalue weighted by molar-refractivity contribution is -0.164. The molecule has 3 aliphatic heterocycles. The molecule has 0 radical (unpaired) electrons. The summed E-state index contributed by atoms with van der Waals surface area (Å²) in [5.74, 6) is -3.78. The molecule has 51 heavy (non-hydrogen) atoms. The summed E-state index contributed by atoms with van der Waals surface area (Å²) in [6.45, 7) is 11.5. The molecule has 4 aliphatic rings. The topological polar surface area (TPSA) is 135 Å². The highest BCUT2D eigenvalue weighted by Crippen LogP contribution is 2.61.